The molecule has 0 aliphatic rings. The van der Waals surface area contributed by atoms with Crippen molar-refractivity contribution in [3.63, 3.8) is 0 Å². The maximum absolute atomic E-state index is 9.00. The van der Waals surface area contributed by atoms with Crippen LogP contribution in [0.5, 0.6) is 11.6 Å². The second-order valence-electron chi connectivity index (χ2n) is 12.2. The Balaban J connectivity index is 0.00000124. The van der Waals surface area contributed by atoms with Gasteiger partial charge in [-0.1, -0.05) is 78.8 Å². The van der Waals surface area contributed by atoms with Gasteiger partial charge in [-0.25, -0.2) is 4.98 Å². The highest BCUT2D eigenvalue weighted by Crippen LogP contribution is 2.35. The van der Waals surface area contributed by atoms with E-state index in [0.29, 0.717) is 18.4 Å². The van der Waals surface area contributed by atoms with Gasteiger partial charge in [-0.2, -0.15) is 0 Å². The molecule has 48 heavy (non-hydrogen) atoms. The summed E-state index contributed by atoms with van der Waals surface area (Å²) in [5, 5.41) is 7.42. The van der Waals surface area contributed by atoms with Gasteiger partial charge >= 0.3 is 0 Å². The summed E-state index contributed by atoms with van der Waals surface area (Å²) in [5.74, 6) is 1.20. The fourth-order valence-corrected chi connectivity index (χ4v) is 5.59. The van der Waals surface area contributed by atoms with Crippen molar-refractivity contribution in [2.45, 2.75) is 91.0 Å². The highest BCUT2D eigenvalue weighted by molar-refractivity contribution is 8.00. The minimum Gasteiger partial charge on any atom is -0.487 e. The zero-order chi connectivity index (χ0) is 35.5. The van der Waals surface area contributed by atoms with E-state index in [9.17, 15) is 0 Å². The van der Waals surface area contributed by atoms with Gasteiger partial charge in [0.25, 0.3) is 5.97 Å². The smallest absolute Gasteiger partial charge is 0.300 e. The molecule has 8 heteroatoms. The van der Waals surface area contributed by atoms with Crippen LogP contribution >= 0.6 is 11.8 Å². The summed E-state index contributed by atoms with van der Waals surface area (Å²) < 4.78 is 13.9. The lowest BCUT2D eigenvalue weighted by Crippen LogP contribution is -2.12. The van der Waals surface area contributed by atoms with Crippen molar-refractivity contribution in [1.82, 2.24) is 14.5 Å². The predicted molar refractivity (Wildman–Crippen MR) is 199 cm³/mol. The maximum Gasteiger partial charge on any atom is 0.300 e. The summed E-state index contributed by atoms with van der Waals surface area (Å²) in [6.07, 6.45) is 7.95. The van der Waals surface area contributed by atoms with Crippen molar-refractivity contribution in [3.8, 4) is 22.8 Å². The molecule has 0 radical (unpaired) electrons. The van der Waals surface area contributed by atoms with E-state index in [2.05, 4.69) is 97.8 Å². The lowest BCUT2D eigenvalue weighted by Gasteiger charge is -2.22. The summed E-state index contributed by atoms with van der Waals surface area (Å²) in [4.78, 5) is 19.0. The van der Waals surface area contributed by atoms with Crippen LogP contribution in [0, 0.1) is 5.92 Å². The standard InChI is InChI=1S/C36H43N3O2S.C2H4O2.C2H6/c1-27(2)12-19-33-34(42-36(3,4)5)20-18-32(41-26-31-10-7-8-22-37-31)11-9-23-39(33)25-28-13-15-29(16-14-28)30-17-21-35(40-6)38-24-30;1-2(3)4;1-2/h7-11,13-18,20-24,27H,12,19,25-26H2,1-6H3;1H3,(H,3,4);1-2H3. The molecule has 4 aromatic rings. The Morgan fingerprint density at radius 1 is 0.917 bits per heavy atom. The van der Waals surface area contributed by atoms with Gasteiger partial charge in [-0.15, -0.1) is 11.8 Å². The molecular formula is C40H53N3O4S. The first-order valence-corrected chi connectivity index (χ1v) is 17.3. The summed E-state index contributed by atoms with van der Waals surface area (Å²) in [6, 6.07) is 27.1. The van der Waals surface area contributed by atoms with Crippen molar-refractivity contribution in [1.29, 1.82) is 0 Å². The fourth-order valence-electron chi connectivity index (χ4n) is 4.45. The van der Waals surface area contributed by atoms with E-state index in [-0.39, 0.29) is 4.75 Å². The lowest BCUT2D eigenvalue weighted by atomic mass is 10.0. The van der Waals surface area contributed by atoms with E-state index in [4.69, 9.17) is 19.4 Å². The topological polar surface area (TPSA) is 86.5 Å². The number of carboxylic acid groups (broad SMARTS) is 1. The van der Waals surface area contributed by atoms with Crippen LogP contribution in [-0.4, -0.2) is 37.5 Å². The average molecular weight is 672 g/mol. The van der Waals surface area contributed by atoms with Crippen LogP contribution in [0.1, 0.15) is 78.8 Å². The van der Waals surface area contributed by atoms with Crippen molar-refractivity contribution in [2.75, 3.05) is 7.11 Å². The Morgan fingerprint density at radius 3 is 2.17 bits per heavy atom. The normalized spacial score (nSPS) is 10.5. The average Bonchev–Trinajstić information content (AvgIpc) is 3.13. The number of nitrogens with zero attached hydrogens (tertiary/aromatic N) is 3. The van der Waals surface area contributed by atoms with Crippen molar-refractivity contribution < 1.29 is 19.4 Å². The number of pyridine rings is 2. The van der Waals surface area contributed by atoms with Gasteiger partial charge < -0.3 is 19.1 Å². The molecule has 0 bridgehead atoms. The predicted octanol–water partition coefficient (Wildman–Crippen LogP) is 10.3. The Hall–Kier alpha value is -4.30. The second-order valence-corrected chi connectivity index (χ2v) is 14.1. The molecule has 0 atom stereocenters. The number of methoxy groups -OCH3 is 1. The van der Waals surface area contributed by atoms with Crippen LogP contribution in [0.15, 0.2) is 102 Å². The number of ether oxygens (including phenoxy) is 2. The van der Waals surface area contributed by atoms with Gasteiger partial charge in [0.05, 0.1) is 12.8 Å². The van der Waals surface area contributed by atoms with Gasteiger partial charge in [-0.3, -0.25) is 9.78 Å². The largest absolute Gasteiger partial charge is 0.487 e. The maximum atomic E-state index is 9.00. The zero-order valence-corrected chi connectivity index (χ0v) is 30.9. The monoisotopic (exact) mass is 671 g/mol. The molecule has 0 aliphatic heterocycles. The molecule has 3 aromatic heterocycles. The van der Waals surface area contributed by atoms with E-state index < -0.39 is 5.97 Å². The number of aliphatic carboxylic acids is 1. The molecule has 1 aromatic carbocycles. The van der Waals surface area contributed by atoms with E-state index in [1.807, 2.05) is 68.2 Å². The minimum atomic E-state index is -0.833. The van der Waals surface area contributed by atoms with Gasteiger partial charge in [0.2, 0.25) is 5.88 Å². The Morgan fingerprint density at radius 2 is 1.60 bits per heavy atom. The Kier molecular flexibility index (Phi) is 17.3. The number of carboxylic acids is 1. The molecule has 1 N–H and O–H groups in total. The highest BCUT2D eigenvalue weighted by Gasteiger charge is 2.16. The van der Waals surface area contributed by atoms with Crippen LogP contribution in [-0.2, 0) is 24.4 Å². The first-order chi connectivity index (χ1) is 22.9. The van der Waals surface area contributed by atoms with Gasteiger partial charge in [0.1, 0.15) is 12.4 Å². The number of hydrogen-bond donors (Lipinski definition) is 1. The first kappa shape index (κ1) is 39.9. The first-order valence-electron chi connectivity index (χ1n) is 16.5. The zero-order valence-electron chi connectivity index (χ0n) is 30.1. The lowest BCUT2D eigenvalue weighted by molar-refractivity contribution is -0.134. The number of thioether (sulfide) groups is 1. The molecule has 4 rings (SSSR count). The quantitative estimate of drug-likeness (QED) is 0.159. The van der Waals surface area contributed by atoms with E-state index >= 15 is 0 Å². The highest BCUT2D eigenvalue weighted by atomic mass is 32.2. The van der Waals surface area contributed by atoms with Crippen molar-refractivity contribution in [2.24, 2.45) is 5.92 Å². The summed E-state index contributed by atoms with van der Waals surface area (Å²) in [6.45, 7) is 17.7. The van der Waals surface area contributed by atoms with Crippen LogP contribution < -0.4 is 9.47 Å². The Bertz CT molecular complexity index is 1560. The van der Waals surface area contributed by atoms with Crippen molar-refractivity contribution >= 4 is 17.7 Å². The van der Waals surface area contributed by atoms with E-state index in [1.54, 1.807) is 13.3 Å². The fraction of sp³-hybridized carbons (Fsp3) is 0.375. The van der Waals surface area contributed by atoms with E-state index in [0.717, 1.165) is 48.9 Å². The van der Waals surface area contributed by atoms with Gasteiger partial charge in [0, 0.05) is 59.0 Å². The molecule has 7 nitrogen and oxygen atoms in total. The SMILES string of the molecule is CC.CC(=O)O.COc1ccc(-c2ccc(Cn3cccc(OCc4ccccn4)ccc(SC(C)(C)C)c3CCC(C)C)cc2)cn1. The van der Waals surface area contributed by atoms with Gasteiger partial charge in [-0.05, 0) is 72.4 Å². The van der Waals surface area contributed by atoms with Crippen LogP contribution in [0.3, 0.4) is 0 Å². The Labute approximate surface area is 292 Å². The third-order valence-corrected chi connectivity index (χ3v) is 7.83. The van der Waals surface area contributed by atoms with Crippen LogP contribution in [0.2, 0.25) is 0 Å². The molecule has 3 heterocycles. The third-order valence-electron chi connectivity index (χ3n) is 6.63. The molecule has 0 aliphatic carbocycles. The van der Waals surface area contributed by atoms with Crippen LogP contribution in [0.25, 0.3) is 11.1 Å². The molecule has 0 spiro atoms. The molecule has 0 saturated heterocycles. The van der Waals surface area contributed by atoms with E-state index in [1.165, 1.54) is 16.2 Å². The molecule has 0 fully saturated rings. The third kappa shape index (κ3) is 15.1. The van der Waals surface area contributed by atoms with Crippen molar-refractivity contribution in [3.05, 3.63) is 114 Å². The number of hydrogen-bond acceptors (Lipinski definition) is 6. The summed E-state index contributed by atoms with van der Waals surface area (Å²) in [5.41, 5.74) is 5.68. The number of carbonyl (C=O) groups is 1. The minimum absolute atomic E-state index is 0.0545. The summed E-state index contributed by atoms with van der Waals surface area (Å²) in [7, 11) is 1.63. The molecule has 0 amide bonds. The molecule has 258 valence electrons. The second kappa shape index (κ2) is 20.8. The number of benzene rings is 1. The summed E-state index contributed by atoms with van der Waals surface area (Å²) >= 11 is 1.91. The number of aromatic nitrogens is 3. The van der Waals surface area contributed by atoms with Crippen LogP contribution in [0.4, 0.5) is 0 Å². The molecule has 0 saturated carbocycles. The molecular weight excluding hydrogens is 619 g/mol. The molecule has 0 unspecified atom stereocenters. The number of rotatable bonds is 11. The van der Waals surface area contributed by atoms with Gasteiger partial charge in [0.15, 0.2) is 0 Å².